The number of thiol groups is 1. The number of aliphatic hydroxyl groups excluding tert-OH is 1. The molecule has 0 bridgehead atoms. The molecular formula is C7H16O2S. The van der Waals surface area contributed by atoms with Crippen molar-refractivity contribution in [3.63, 3.8) is 0 Å². The third-order valence-electron chi connectivity index (χ3n) is 1.16. The third-order valence-corrected chi connectivity index (χ3v) is 1.48. The van der Waals surface area contributed by atoms with Gasteiger partial charge in [0.25, 0.3) is 0 Å². The Morgan fingerprint density at radius 3 is 2.80 bits per heavy atom. The molecule has 0 amide bonds. The van der Waals surface area contributed by atoms with Gasteiger partial charge in [0.15, 0.2) is 0 Å². The molecule has 62 valence electrons. The fourth-order valence-corrected chi connectivity index (χ4v) is 0.624. The van der Waals surface area contributed by atoms with Crippen LogP contribution in [0.5, 0.6) is 0 Å². The number of ether oxygens (including phenoxy) is 1. The maximum Gasteiger partial charge on any atom is 0.0604 e. The minimum Gasteiger partial charge on any atom is -0.395 e. The van der Waals surface area contributed by atoms with E-state index >= 15 is 0 Å². The zero-order valence-electron chi connectivity index (χ0n) is 6.42. The van der Waals surface area contributed by atoms with Gasteiger partial charge in [-0.05, 0) is 6.42 Å². The molecule has 0 saturated heterocycles. The van der Waals surface area contributed by atoms with Gasteiger partial charge in [0.1, 0.15) is 0 Å². The second-order valence-corrected chi connectivity index (χ2v) is 3.00. The molecule has 1 unspecified atom stereocenters. The Labute approximate surface area is 68.0 Å². The summed E-state index contributed by atoms with van der Waals surface area (Å²) in [5.74, 6) is 0. The first kappa shape index (κ1) is 10.3. The summed E-state index contributed by atoms with van der Waals surface area (Å²) < 4.78 is 5.19. The van der Waals surface area contributed by atoms with E-state index in [1.54, 1.807) is 0 Å². The van der Waals surface area contributed by atoms with Crippen LogP contribution in [-0.4, -0.2) is 30.2 Å². The van der Waals surface area contributed by atoms with Crippen molar-refractivity contribution in [2.24, 2.45) is 0 Å². The zero-order valence-corrected chi connectivity index (χ0v) is 7.31. The van der Waals surface area contributed by atoms with Crippen LogP contribution in [0.1, 0.15) is 19.8 Å². The van der Waals surface area contributed by atoms with Crippen LogP contribution in [0.3, 0.4) is 0 Å². The van der Waals surface area contributed by atoms with E-state index in [4.69, 9.17) is 9.84 Å². The second-order valence-electron chi connectivity index (χ2n) is 2.26. The summed E-state index contributed by atoms with van der Waals surface area (Å²) in [6.45, 7) is 3.55. The van der Waals surface area contributed by atoms with Crippen molar-refractivity contribution in [3.05, 3.63) is 0 Å². The van der Waals surface area contributed by atoms with E-state index in [0.29, 0.717) is 6.61 Å². The van der Waals surface area contributed by atoms with E-state index in [2.05, 4.69) is 19.6 Å². The maximum atomic E-state index is 8.53. The molecule has 0 aromatic rings. The highest BCUT2D eigenvalue weighted by Crippen LogP contribution is 1.95. The number of aliphatic hydroxyl groups is 1. The molecule has 0 aliphatic rings. The molecule has 10 heavy (non-hydrogen) atoms. The van der Waals surface area contributed by atoms with Crippen LogP contribution in [0.4, 0.5) is 0 Å². The fourth-order valence-electron chi connectivity index (χ4n) is 0.518. The number of unbranched alkanes of at least 4 members (excludes halogenated alkanes) is 1. The van der Waals surface area contributed by atoms with Crippen LogP contribution < -0.4 is 0 Å². The van der Waals surface area contributed by atoms with Crippen molar-refractivity contribution in [3.8, 4) is 0 Å². The number of hydrogen-bond acceptors (Lipinski definition) is 3. The average Bonchev–Trinajstić information content (AvgIpc) is 1.98. The summed E-state index contributed by atoms with van der Waals surface area (Å²) in [4.78, 5) is 0. The molecule has 0 rings (SSSR count). The molecule has 1 atom stereocenters. The van der Waals surface area contributed by atoms with Crippen molar-refractivity contribution in [1.29, 1.82) is 0 Å². The summed E-state index contributed by atoms with van der Waals surface area (Å²) in [6, 6.07) is 0. The lowest BCUT2D eigenvalue weighted by atomic mass is 10.4. The zero-order chi connectivity index (χ0) is 7.82. The van der Waals surface area contributed by atoms with Gasteiger partial charge < -0.3 is 9.84 Å². The van der Waals surface area contributed by atoms with E-state index < -0.39 is 0 Å². The molecule has 0 radical (unpaired) electrons. The topological polar surface area (TPSA) is 29.5 Å². The first-order valence-electron chi connectivity index (χ1n) is 3.68. The van der Waals surface area contributed by atoms with Gasteiger partial charge in [-0.3, -0.25) is 0 Å². The highest BCUT2D eigenvalue weighted by atomic mass is 32.1. The quantitative estimate of drug-likeness (QED) is 0.454. The lowest BCUT2D eigenvalue weighted by molar-refractivity contribution is 0.118. The smallest absolute Gasteiger partial charge is 0.0604 e. The minimum absolute atomic E-state index is 0.0168. The Morgan fingerprint density at radius 1 is 1.60 bits per heavy atom. The van der Waals surface area contributed by atoms with Crippen LogP contribution in [0, 0.1) is 0 Å². The molecule has 2 nitrogen and oxygen atoms in total. The summed E-state index contributed by atoms with van der Waals surface area (Å²) >= 11 is 4.06. The van der Waals surface area contributed by atoms with Gasteiger partial charge in [0.05, 0.1) is 13.2 Å². The SMILES string of the molecule is CCCCOCC(S)CO. The van der Waals surface area contributed by atoms with Crippen LogP contribution in [0.25, 0.3) is 0 Å². The molecule has 0 aliphatic heterocycles. The standard InChI is InChI=1S/C7H16O2S/c1-2-3-4-9-6-7(10)5-8/h7-8,10H,2-6H2,1H3. The van der Waals surface area contributed by atoms with Gasteiger partial charge in [0, 0.05) is 11.9 Å². The highest BCUT2D eigenvalue weighted by molar-refractivity contribution is 7.81. The number of hydrogen-bond donors (Lipinski definition) is 2. The van der Waals surface area contributed by atoms with Crippen LogP contribution in [0.2, 0.25) is 0 Å². The summed E-state index contributed by atoms with van der Waals surface area (Å²) in [5.41, 5.74) is 0. The maximum absolute atomic E-state index is 8.53. The van der Waals surface area contributed by atoms with Gasteiger partial charge >= 0.3 is 0 Å². The lowest BCUT2D eigenvalue weighted by Crippen LogP contribution is -2.13. The Hall–Kier alpha value is 0.270. The fraction of sp³-hybridized carbons (Fsp3) is 1.00. The molecule has 0 spiro atoms. The van der Waals surface area contributed by atoms with Gasteiger partial charge in [-0.2, -0.15) is 12.6 Å². The van der Waals surface area contributed by atoms with Crippen LogP contribution >= 0.6 is 12.6 Å². The van der Waals surface area contributed by atoms with E-state index in [0.717, 1.165) is 19.4 Å². The molecule has 3 heteroatoms. The highest BCUT2D eigenvalue weighted by Gasteiger charge is 1.98. The van der Waals surface area contributed by atoms with E-state index in [-0.39, 0.29) is 11.9 Å². The molecular weight excluding hydrogens is 148 g/mol. The Balaban J connectivity index is 2.89. The van der Waals surface area contributed by atoms with Gasteiger partial charge in [-0.1, -0.05) is 13.3 Å². The third kappa shape index (κ3) is 6.39. The van der Waals surface area contributed by atoms with Crippen molar-refractivity contribution in [2.45, 2.75) is 25.0 Å². The normalized spacial score (nSPS) is 13.5. The van der Waals surface area contributed by atoms with Crippen molar-refractivity contribution in [2.75, 3.05) is 19.8 Å². The lowest BCUT2D eigenvalue weighted by Gasteiger charge is -2.06. The van der Waals surface area contributed by atoms with Gasteiger partial charge in [-0.25, -0.2) is 0 Å². The Kier molecular flexibility index (Phi) is 7.58. The van der Waals surface area contributed by atoms with Crippen molar-refractivity contribution < 1.29 is 9.84 Å². The van der Waals surface area contributed by atoms with Gasteiger partial charge in [0.2, 0.25) is 0 Å². The largest absolute Gasteiger partial charge is 0.395 e. The minimum atomic E-state index is -0.0168. The summed E-state index contributed by atoms with van der Waals surface area (Å²) in [7, 11) is 0. The Morgan fingerprint density at radius 2 is 2.30 bits per heavy atom. The average molecular weight is 164 g/mol. The molecule has 1 N–H and O–H groups in total. The summed E-state index contributed by atoms with van der Waals surface area (Å²) in [6.07, 6.45) is 2.24. The van der Waals surface area contributed by atoms with E-state index in [9.17, 15) is 0 Å². The van der Waals surface area contributed by atoms with Crippen molar-refractivity contribution in [1.82, 2.24) is 0 Å². The monoisotopic (exact) mass is 164 g/mol. The molecule has 0 aliphatic carbocycles. The molecule has 0 fully saturated rings. The number of rotatable bonds is 6. The summed E-state index contributed by atoms with van der Waals surface area (Å²) in [5, 5.41) is 8.52. The van der Waals surface area contributed by atoms with Crippen LogP contribution in [-0.2, 0) is 4.74 Å². The first-order valence-corrected chi connectivity index (χ1v) is 4.19. The molecule has 0 aromatic heterocycles. The molecule has 0 heterocycles. The Bertz CT molecular complexity index is 68.6. The predicted octanol–water partition coefficient (Wildman–Crippen LogP) is 1.09. The second kappa shape index (κ2) is 7.38. The van der Waals surface area contributed by atoms with Gasteiger partial charge in [-0.15, -0.1) is 0 Å². The van der Waals surface area contributed by atoms with Crippen LogP contribution in [0.15, 0.2) is 0 Å². The molecule has 0 saturated carbocycles. The van der Waals surface area contributed by atoms with E-state index in [1.807, 2.05) is 0 Å². The van der Waals surface area contributed by atoms with Crippen molar-refractivity contribution >= 4 is 12.6 Å². The molecule has 0 aromatic carbocycles. The van der Waals surface area contributed by atoms with E-state index in [1.165, 1.54) is 0 Å². The predicted molar refractivity (Wildman–Crippen MR) is 45.6 cm³/mol. The first-order chi connectivity index (χ1) is 4.81.